The van der Waals surface area contributed by atoms with Crippen molar-refractivity contribution in [1.29, 1.82) is 0 Å². The Morgan fingerprint density at radius 3 is 2.67 bits per heavy atom. The predicted octanol–water partition coefficient (Wildman–Crippen LogP) is 7.44. The fraction of sp³-hybridized carbons (Fsp3) is 0.641. The highest BCUT2D eigenvalue weighted by atomic mass is 35.5. The van der Waals surface area contributed by atoms with Crippen LogP contribution in [0.25, 0.3) is 0 Å². The van der Waals surface area contributed by atoms with Crippen LogP contribution >= 0.6 is 11.6 Å². The first-order valence-corrected chi connectivity index (χ1v) is 20.0. The Morgan fingerprint density at radius 1 is 1.10 bits per heavy atom. The highest BCUT2D eigenvalue weighted by Gasteiger charge is 2.51. The molecule has 2 saturated carbocycles. The number of anilines is 1. The molecule has 7 atom stereocenters. The Bertz CT molecular complexity index is 1630. The van der Waals surface area contributed by atoms with E-state index in [1.54, 1.807) is 0 Å². The van der Waals surface area contributed by atoms with Crippen molar-refractivity contribution < 1.29 is 22.6 Å². The third kappa shape index (κ3) is 6.57. The lowest BCUT2D eigenvalue weighted by Crippen LogP contribution is -2.54. The van der Waals surface area contributed by atoms with Crippen molar-refractivity contribution in [3.8, 4) is 5.75 Å². The molecule has 0 aromatic heterocycles. The second-order valence-corrected chi connectivity index (χ2v) is 18.1. The second kappa shape index (κ2) is 13.6. The second-order valence-electron chi connectivity index (χ2n) is 15.5. The van der Waals surface area contributed by atoms with Gasteiger partial charge in [0.2, 0.25) is 10.0 Å². The molecule has 9 heteroatoms. The first-order valence-electron chi connectivity index (χ1n) is 18.1. The Morgan fingerprint density at radius 2 is 1.94 bits per heavy atom. The highest BCUT2D eigenvalue weighted by Crippen LogP contribution is 2.51. The van der Waals surface area contributed by atoms with E-state index in [0.717, 1.165) is 73.6 Å². The number of methoxy groups -OCH3 is 2. The van der Waals surface area contributed by atoms with Gasteiger partial charge < -0.3 is 19.1 Å². The molecule has 48 heavy (non-hydrogen) atoms. The molecule has 0 saturated heterocycles. The first kappa shape index (κ1) is 34.4. The number of ether oxygens (including phenoxy) is 3. The van der Waals surface area contributed by atoms with Crippen LogP contribution in [0.3, 0.4) is 0 Å². The van der Waals surface area contributed by atoms with Gasteiger partial charge in [0, 0.05) is 50.7 Å². The molecular weight excluding hydrogens is 644 g/mol. The summed E-state index contributed by atoms with van der Waals surface area (Å²) in [5.41, 5.74) is 4.01. The van der Waals surface area contributed by atoms with E-state index in [-0.39, 0.29) is 24.0 Å². The predicted molar refractivity (Wildman–Crippen MR) is 192 cm³/mol. The summed E-state index contributed by atoms with van der Waals surface area (Å²) in [6.07, 6.45) is 13.9. The van der Waals surface area contributed by atoms with Crippen LogP contribution in [0.15, 0.2) is 48.6 Å². The van der Waals surface area contributed by atoms with E-state index >= 15 is 0 Å². The lowest BCUT2D eigenvalue weighted by atomic mass is 9.62. The van der Waals surface area contributed by atoms with Crippen LogP contribution in [0.1, 0.15) is 81.9 Å². The number of sulfonamides is 1. The summed E-state index contributed by atoms with van der Waals surface area (Å²) in [6, 6.07) is 12.6. The average Bonchev–Trinajstić information content (AvgIpc) is 3.92. The molecule has 7 rings (SSSR count). The van der Waals surface area contributed by atoms with Crippen molar-refractivity contribution in [1.82, 2.24) is 4.72 Å². The van der Waals surface area contributed by atoms with Gasteiger partial charge in [-0.05, 0) is 123 Å². The van der Waals surface area contributed by atoms with Gasteiger partial charge in [-0.15, -0.1) is 0 Å². The summed E-state index contributed by atoms with van der Waals surface area (Å²) >= 11 is 6.50. The van der Waals surface area contributed by atoms with E-state index in [4.69, 9.17) is 25.8 Å². The number of nitrogens with zero attached hydrogens (tertiary/aromatic N) is 1. The first-order chi connectivity index (χ1) is 23.1. The van der Waals surface area contributed by atoms with Gasteiger partial charge in [0.1, 0.15) is 5.75 Å². The van der Waals surface area contributed by atoms with Gasteiger partial charge in [-0.2, -0.15) is 0 Å². The van der Waals surface area contributed by atoms with Crippen LogP contribution in [0.5, 0.6) is 5.75 Å². The van der Waals surface area contributed by atoms with Gasteiger partial charge in [-0.1, -0.05) is 42.8 Å². The maximum atomic E-state index is 13.5. The number of rotatable bonds is 5. The van der Waals surface area contributed by atoms with Crippen LogP contribution in [0.2, 0.25) is 5.02 Å². The number of hydrogen-bond acceptors (Lipinski definition) is 6. The molecule has 0 radical (unpaired) electrons. The molecule has 3 aliphatic carbocycles. The van der Waals surface area contributed by atoms with Gasteiger partial charge in [0.25, 0.3) is 0 Å². The van der Waals surface area contributed by atoms with Gasteiger partial charge in [0.05, 0.1) is 29.2 Å². The fourth-order valence-corrected chi connectivity index (χ4v) is 10.7. The minimum atomic E-state index is -3.55. The molecule has 1 N–H and O–H groups in total. The monoisotopic (exact) mass is 696 g/mol. The van der Waals surface area contributed by atoms with Crippen LogP contribution in [0, 0.1) is 23.7 Å². The van der Waals surface area contributed by atoms with Crippen molar-refractivity contribution in [3.05, 3.63) is 70.3 Å². The summed E-state index contributed by atoms with van der Waals surface area (Å²) in [5.74, 6) is 2.14. The number of nitrogens with one attached hydrogen (secondary N) is 1. The number of halogens is 1. The molecule has 2 fully saturated rings. The van der Waals surface area contributed by atoms with E-state index in [2.05, 4.69) is 40.0 Å². The number of hydrogen-bond donors (Lipinski definition) is 1. The zero-order valence-corrected chi connectivity index (χ0v) is 30.6. The molecule has 7 nitrogen and oxygen atoms in total. The van der Waals surface area contributed by atoms with E-state index in [1.165, 1.54) is 24.0 Å². The van der Waals surface area contributed by atoms with Crippen LogP contribution in [-0.2, 0) is 37.9 Å². The SMILES string of the molecule is CO[C@@H](C[C@]1(OC)/C=C/C[C@H](C)[C@@H](C)S(=O)(=O)NCc2ccc3c(c2)N(C[C@@H]2CC[C@H]21)C[C@@]1(CCCc2cc(Cl)ccc21)CO3)C1CC1. The lowest BCUT2D eigenvalue weighted by Gasteiger charge is -2.51. The topological polar surface area (TPSA) is 77.1 Å². The van der Waals surface area contributed by atoms with Gasteiger partial charge in [0.15, 0.2) is 0 Å². The lowest BCUT2D eigenvalue weighted by molar-refractivity contribution is -0.106. The Labute approximate surface area is 292 Å². The number of aryl methyl sites for hydroxylation is 1. The summed E-state index contributed by atoms with van der Waals surface area (Å²) in [6.45, 7) is 6.42. The molecule has 262 valence electrons. The molecule has 5 aliphatic rings. The molecule has 2 aromatic carbocycles. The number of fused-ring (bicyclic) bond motifs is 4. The van der Waals surface area contributed by atoms with Crippen LogP contribution < -0.4 is 14.4 Å². The van der Waals surface area contributed by atoms with Crippen molar-refractivity contribution in [3.63, 3.8) is 0 Å². The fourth-order valence-electron chi connectivity index (χ4n) is 9.15. The van der Waals surface area contributed by atoms with Gasteiger partial charge in [-0.25, -0.2) is 13.1 Å². The van der Waals surface area contributed by atoms with Crippen LogP contribution in [-0.4, -0.2) is 59.3 Å². The van der Waals surface area contributed by atoms with Crippen LogP contribution in [0.4, 0.5) is 5.69 Å². The van der Waals surface area contributed by atoms with Crippen molar-refractivity contribution >= 4 is 27.3 Å². The Balaban J connectivity index is 1.30. The molecule has 2 aliphatic heterocycles. The third-order valence-corrected chi connectivity index (χ3v) is 14.9. The zero-order valence-electron chi connectivity index (χ0n) is 29.0. The smallest absolute Gasteiger partial charge is 0.214 e. The Kier molecular flexibility index (Phi) is 9.70. The molecule has 2 aromatic rings. The van der Waals surface area contributed by atoms with E-state index < -0.39 is 20.9 Å². The minimum Gasteiger partial charge on any atom is -0.490 e. The maximum Gasteiger partial charge on any atom is 0.214 e. The maximum absolute atomic E-state index is 13.5. The van der Waals surface area contributed by atoms with Crippen molar-refractivity contribution in [2.45, 2.75) is 101 Å². The largest absolute Gasteiger partial charge is 0.490 e. The molecule has 2 heterocycles. The molecule has 0 unspecified atom stereocenters. The van der Waals surface area contributed by atoms with E-state index in [9.17, 15) is 8.42 Å². The molecule has 0 amide bonds. The molecular formula is C39H53ClN2O5S. The highest BCUT2D eigenvalue weighted by molar-refractivity contribution is 7.90. The summed E-state index contributed by atoms with van der Waals surface area (Å²) in [4.78, 5) is 2.57. The van der Waals surface area contributed by atoms with Gasteiger partial charge in [-0.3, -0.25) is 0 Å². The van der Waals surface area contributed by atoms with E-state index in [0.29, 0.717) is 30.8 Å². The van der Waals surface area contributed by atoms with Crippen molar-refractivity contribution in [2.75, 3.05) is 38.8 Å². The molecule has 1 spiro atoms. The average molecular weight is 697 g/mol. The van der Waals surface area contributed by atoms with Gasteiger partial charge >= 0.3 is 0 Å². The van der Waals surface area contributed by atoms with Crippen molar-refractivity contribution in [2.24, 2.45) is 23.7 Å². The zero-order chi connectivity index (χ0) is 33.7. The minimum absolute atomic E-state index is 0.0552. The number of allylic oxidation sites excluding steroid dienone is 1. The van der Waals surface area contributed by atoms with E-state index in [1.807, 2.05) is 46.3 Å². The Hall–Kier alpha value is -2.10. The summed E-state index contributed by atoms with van der Waals surface area (Å²) in [5, 5.41) is 0.244. The summed E-state index contributed by atoms with van der Waals surface area (Å²) in [7, 11) is 0.152. The molecule has 2 bridgehead atoms. The normalized spacial score (nSPS) is 34.6. The number of benzene rings is 2. The standard InChI is InChI=1S/C39H53ClN2O5S/c1-26-7-5-18-39(46-4,21-37(45-3)29-10-11-29)34-14-12-31(34)23-42-24-38(17-6-8-30-20-32(40)13-15-33(30)38)25-47-36-16-9-28(19-35(36)42)22-41-48(43,44)27(26)2/h5,9,13,15-16,18-20,26-27,29,31,34,37,41H,6-8,10-12,14,17,21-25H2,1-4H3/b18-5+/t26-,27+,31-,34+,37-,38-,39+/m0/s1. The summed E-state index contributed by atoms with van der Waals surface area (Å²) < 4.78 is 49.5. The third-order valence-electron chi connectivity index (χ3n) is 12.6. The quantitative estimate of drug-likeness (QED) is 0.328.